The number of benzene rings is 2. The van der Waals surface area contributed by atoms with Crippen molar-refractivity contribution in [3.05, 3.63) is 65.7 Å². The smallest absolute Gasteiger partial charge is 0.328 e. The van der Waals surface area contributed by atoms with Gasteiger partial charge in [0.25, 0.3) is 0 Å². The van der Waals surface area contributed by atoms with Crippen molar-refractivity contribution in [1.29, 1.82) is 0 Å². The van der Waals surface area contributed by atoms with Crippen molar-refractivity contribution in [1.82, 2.24) is 0 Å². The van der Waals surface area contributed by atoms with E-state index in [0.29, 0.717) is 16.7 Å². The lowest BCUT2D eigenvalue weighted by Crippen LogP contribution is -1.88. The van der Waals surface area contributed by atoms with E-state index in [4.69, 9.17) is 5.11 Å². The molecule has 0 saturated carbocycles. The van der Waals surface area contributed by atoms with Crippen LogP contribution in [0.15, 0.2) is 48.5 Å². The minimum Gasteiger partial charge on any atom is -0.478 e. The normalized spacial score (nSPS) is 10.8. The average Bonchev–Trinajstić information content (AvgIpc) is 2.36. The van der Waals surface area contributed by atoms with E-state index in [0.717, 1.165) is 6.08 Å². The zero-order chi connectivity index (χ0) is 13.8. The minimum absolute atomic E-state index is 0.404. The molecule has 0 aliphatic heterocycles. The Hall–Kier alpha value is -2.49. The first-order chi connectivity index (χ1) is 9.04. The van der Waals surface area contributed by atoms with Crippen LogP contribution < -0.4 is 0 Å². The van der Waals surface area contributed by atoms with E-state index in [1.165, 1.54) is 36.4 Å². The highest BCUT2D eigenvalue weighted by molar-refractivity contribution is 5.85. The number of halogens is 2. The summed E-state index contributed by atoms with van der Waals surface area (Å²) in [5, 5.41) is 8.54. The lowest BCUT2D eigenvalue weighted by Gasteiger charge is -2.04. The SMILES string of the molecule is O=C(O)/C=C/c1cc(F)cc(-c2cccc(F)c2)c1. The summed E-state index contributed by atoms with van der Waals surface area (Å²) >= 11 is 0. The van der Waals surface area contributed by atoms with Gasteiger partial charge in [-0.3, -0.25) is 0 Å². The van der Waals surface area contributed by atoms with Crippen LogP contribution in [-0.2, 0) is 4.79 Å². The predicted molar refractivity (Wildman–Crippen MR) is 68.5 cm³/mol. The maximum atomic E-state index is 13.5. The van der Waals surface area contributed by atoms with Crippen LogP contribution in [0.5, 0.6) is 0 Å². The van der Waals surface area contributed by atoms with Gasteiger partial charge in [-0.05, 0) is 53.1 Å². The van der Waals surface area contributed by atoms with Gasteiger partial charge in [-0.15, -0.1) is 0 Å². The van der Waals surface area contributed by atoms with Crippen LogP contribution in [0.25, 0.3) is 17.2 Å². The Morgan fingerprint density at radius 2 is 1.74 bits per heavy atom. The molecular formula is C15H10F2O2. The second-order valence-electron chi connectivity index (χ2n) is 3.96. The summed E-state index contributed by atoms with van der Waals surface area (Å²) in [4.78, 5) is 10.4. The Labute approximate surface area is 108 Å². The van der Waals surface area contributed by atoms with Crippen molar-refractivity contribution in [3.63, 3.8) is 0 Å². The number of aliphatic carboxylic acids is 1. The highest BCUT2D eigenvalue weighted by atomic mass is 19.1. The quantitative estimate of drug-likeness (QED) is 0.854. The summed E-state index contributed by atoms with van der Waals surface area (Å²) in [5.41, 5.74) is 1.43. The monoisotopic (exact) mass is 260 g/mol. The van der Waals surface area contributed by atoms with Gasteiger partial charge in [-0.2, -0.15) is 0 Å². The molecule has 2 nitrogen and oxygen atoms in total. The van der Waals surface area contributed by atoms with E-state index in [1.807, 2.05) is 0 Å². The van der Waals surface area contributed by atoms with Gasteiger partial charge in [-0.25, -0.2) is 13.6 Å². The van der Waals surface area contributed by atoms with Crippen molar-refractivity contribution in [2.75, 3.05) is 0 Å². The Morgan fingerprint density at radius 1 is 1.00 bits per heavy atom. The van der Waals surface area contributed by atoms with Gasteiger partial charge in [0.05, 0.1) is 0 Å². The third kappa shape index (κ3) is 3.48. The molecule has 0 spiro atoms. The van der Waals surface area contributed by atoms with Crippen LogP contribution in [0.1, 0.15) is 5.56 Å². The Balaban J connectivity index is 2.44. The first kappa shape index (κ1) is 13.0. The average molecular weight is 260 g/mol. The fraction of sp³-hybridized carbons (Fsp3) is 0. The van der Waals surface area contributed by atoms with E-state index in [-0.39, 0.29) is 0 Å². The molecule has 0 heterocycles. The van der Waals surface area contributed by atoms with E-state index in [1.54, 1.807) is 12.1 Å². The van der Waals surface area contributed by atoms with Gasteiger partial charge in [0.2, 0.25) is 0 Å². The van der Waals surface area contributed by atoms with Crippen molar-refractivity contribution in [2.45, 2.75) is 0 Å². The number of carboxylic acid groups (broad SMARTS) is 1. The molecule has 0 fully saturated rings. The van der Waals surface area contributed by atoms with Gasteiger partial charge < -0.3 is 5.11 Å². The fourth-order valence-electron chi connectivity index (χ4n) is 1.71. The highest BCUT2D eigenvalue weighted by Gasteiger charge is 2.03. The first-order valence-corrected chi connectivity index (χ1v) is 5.52. The third-order valence-corrected chi connectivity index (χ3v) is 2.50. The third-order valence-electron chi connectivity index (χ3n) is 2.50. The summed E-state index contributed by atoms with van der Waals surface area (Å²) in [7, 11) is 0. The number of hydrogen-bond acceptors (Lipinski definition) is 1. The molecule has 2 aromatic rings. The summed E-state index contributed by atoms with van der Waals surface area (Å²) in [6, 6.07) is 9.85. The van der Waals surface area contributed by atoms with E-state index < -0.39 is 17.6 Å². The van der Waals surface area contributed by atoms with Crippen molar-refractivity contribution in [3.8, 4) is 11.1 Å². The second-order valence-corrected chi connectivity index (χ2v) is 3.96. The molecule has 0 radical (unpaired) electrons. The Morgan fingerprint density at radius 3 is 2.42 bits per heavy atom. The maximum absolute atomic E-state index is 13.5. The van der Waals surface area contributed by atoms with Crippen LogP contribution in [0.2, 0.25) is 0 Å². The predicted octanol–water partition coefficient (Wildman–Crippen LogP) is 3.73. The van der Waals surface area contributed by atoms with Gasteiger partial charge in [0.15, 0.2) is 0 Å². The first-order valence-electron chi connectivity index (χ1n) is 5.52. The Kier molecular flexibility index (Phi) is 3.71. The van der Waals surface area contributed by atoms with Crippen LogP contribution in [-0.4, -0.2) is 11.1 Å². The largest absolute Gasteiger partial charge is 0.478 e. The molecule has 1 N–H and O–H groups in total. The lowest BCUT2D eigenvalue weighted by molar-refractivity contribution is -0.131. The van der Waals surface area contributed by atoms with Crippen LogP contribution in [0.3, 0.4) is 0 Å². The Bertz CT molecular complexity index is 648. The molecular weight excluding hydrogens is 250 g/mol. The summed E-state index contributed by atoms with van der Waals surface area (Å²) in [6.45, 7) is 0. The van der Waals surface area contributed by atoms with Crippen LogP contribution >= 0.6 is 0 Å². The molecule has 2 rings (SSSR count). The van der Waals surface area contributed by atoms with Gasteiger partial charge in [-0.1, -0.05) is 12.1 Å². The number of hydrogen-bond donors (Lipinski definition) is 1. The van der Waals surface area contributed by atoms with E-state index >= 15 is 0 Å². The molecule has 4 heteroatoms. The fourth-order valence-corrected chi connectivity index (χ4v) is 1.71. The maximum Gasteiger partial charge on any atom is 0.328 e. The number of carbonyl (C=O) groups is 1. The summed E-state index contributed by atoms with van der Waals surface area (Å²) in [5.74, 6) is -2.03. The van der Waals surface area contributed by atoms with E-state index in [2.05, 4.69) is 0 Å². The topological polar surface area (TPSA) is 37.3 Å². The van der Waals surface area contributed by atoms with Gasteiger partial charge in [0.1, 0.15) is 11.6 Å². The van der Waals surface area contributed by atoms with Crippen molar-refractivity contribution >= 4 is 12.0 Å². The highest BCUT2D eigenvalue weighted by Crippen LogP contribution is 2.23. The molecule has 0 aliphatic rings. The molecule has 0 aromatic heterocycles. The molecule has 0 atom stereocenters. The van der Waals surface area contributed by atoms with E-state index in [9.17, 15) is 13.6 Å². The zero-order valence-electron chi connectivity index (χ0n) is 9.81. The van der Waals surface area contributed by atoms with Crippen LogP contribution in [0.4, 0.5) is 8.78 Å². The zero-order valence-corrected chi connectivity index (χ0v) is 9.81. The molecule has 96 valence electrons. The molecule has 0 aliphatic carbocycles. The lowest BCUT2D eigenvalue weighted by atomic mass is 10.0. The van der Waals surface area contributed by atoms with Crippen molar-refractivity contribution < 1.29 is 18.7 Å². The summed E-state index contributed by atoms with van der Waals surface area (Å²) < 4.78 is 26.6. The molecule has 0 saturated heterocycles. The molecule has 0 unspecified atom stereocenters. The molecule has 0 amide bonds. The molecule has 0 bridgehead atoms. The van der Waals surface area contributed by atoms with Gasteiger partial charge >= 0.3 is 5.97 Å². The molecule has 19 heavy (non-hydrogen) atoms. The van der Waals surface area contributed by atoms with Gasteiger partial charge in [0, 0.05) is 6.08 Å². The summed E-state index contributed by atoms with van der Waals surface area (Å²) in [6.07, 6.45) is 2.21. The second kappa shape index (κ2) is 5.44. The van der Waals surface area contributed by atoms with Crippen molar-refractivity contribution in [2.24, 2.45) is 0 Å². The number of carboxylic acids is 1. The molecule has 2 aromatic carbocycles. The number of rotatable bonds is 3. The standard InChI is InChI=1S/C15H10F2O2/c16-13-3-1-2-11(8-13)12-6-10(4-5-15(18)19)7-14(17)9-12/h1-9H,(H,18,19)/b5-4+. The van der Waals surface area contributed by atoms with Crippen LogP contribution in [0, 0.1) is 11.6 Å². The minimum atomic E-state index is -1.11.